The molecule has 3 aromatic rings. The molecule has 0 bridgehead atoms. The summed E-state index contributed by atoms with van der Waals surface area (Å²) in [4.78, 5) is 26.5. The zero-order valence-electron chi connectivity index (χ0n) is 20.5. The molecule has 1 fully saturated rings. The van der Waals surface area contributed by atoms with E-state index in [0.29, 0.717) is 31.4 Å². The summed E-state index contributed by atoms with van der Waals surface area (Å²) in [5.41, 5.74) is 3.01. The van der Waals surface area contributed by atoms with E-state index >= 15 is 0 Å². The molecule has 0 spiro atoms. The van der Waals surface area contributed by atoms with Gasteiger partial charge >= 0.3 is 0 Å². The van der Waals surface area contributed by atoms with Gasteiger partial charge < -0.3 is 14.8 Å². The van der Waals surface area contributed by atoms with Crippen molar-refractivity contribution in [2.45, 2.75) is 19.4 Å². The van der Waals surface area contributed by atoms with Crippen molar-refractivity contribution in [1.29, 1.82) is 0 Å². The van der Waals surface area contributed by atoms with Crippen molar-refractivity contribution in [3.63, 3.8) is 0 Å². The molecule has 188 valence electrons. The Hall–Kier alpha value is -3.49. The number of ether oxygens (including phenoxy) is 2. The van der Waals surface area contributed by atoms with E-state index in [1.54, 1.807) is 12.4 Å². The van der Waals surface area contributed by atoms with Gasteiger partial charge in [-0.2, -0.15) is 0 Å². The number of benzene rings is 2. The van der Waals surface area contributed by atoms with Gasteiger partial charge in [0.25, 0.3) is 0 Å². The zero-order chi connectivity index (χ0) is 24.6. The van der Waals surface area contributed by atoms with Crippen molar-refractivity contribution in [1.82, 2.24) is 19.8 Å². The van der Waals surface area contributed by atoms with Crippen LogP contribution in [-0.4, -0.2) is 71.6 Å². The highest BCUT2D eigenvalue weighted by Gasteiger charge is 2.25. The summed E-state index contributed by atoms with van der Waals surface area (Å²) in [5.74, 6) is 1.72. The van der Waals surface area contributed by atoms with Gasteiger partial charge in [0.05, 0.1) is 25.5 Å². The number of hydrogen-bond acceptors (Lipinski definition) is 7. The van der Waals surface area contributed by atoms with Crippen LogP contribution in [0.2, 0.25) is 0 Å². The molecule has 2 aliphatic heterocycles. The molecule has 0 saturated carbocycles. The summed E-state index contributed by atoms with van der Waals surface area (Å²) in [6.45, 7) is 6.01. The van der Waals surface area contributed by atoms with Crippen molar-refractivity contribution < 1.29 is 14.3 Å². The van der Waals surface area contributed by atoms with Crippen LogP contribution in [0.5, 0.6) is 11.5 Å². The van der Waals surface area contributed by atoms with Crippen LogP contribution in [0.4, 0.5) is 5.69 Å². The van der Waals surface area contributed by atoms with E-state index < -0.39 is 0 Å². The van der Waals surface area contributed by atoms with E-state index in [1.165, 1.54) is 5.56 Å². The van der Waals surface area contributed by atoms with Crippen molar-refractivity contribution in [3.05, 3.63) is 78.4 Å². The number of carbonyl (C=O) groups excluding carboxylic acids is 1. The number of nitrogens with zero attached hydrogens (tertiary/aromatic N) is 4. The molecule has 8 nitrogen and oxygen atoms in total. The molecule has 1 amide bonds. The van der Waals surface area contributed by atoms with E-state index in [4.69, 9.17) is 9.47 Å². The number of carbonyl (C=O) groups is 1. The van der Waals surface area contributed by atoms with Gasteiger partial charge in [-0.1, -0.05) is 30.3 Å². The number of rotatable bonds is 7. The Morgan fingerprint density at radius 2 is 1.78 bits per heavy atom. The maximum absolute atomic E-state index is 13.0. The Bertz CT molecular complexity index is 1130. The lowest BCUT2D eigenvalue weighted by Gasteiger charge is -2.24. The minimum atomic E-state index is -0.0285. The monoisotopic (exact) mass is 487 g/mol. The van der Waals surface area contributed by atoms with Gasteiger partial charge in [-0.05, 0) is 30.0 Å². The number of anilines is 1. The molecule has 1 saturated heterocycles. The van der Waals surface area contributed by atoms with Crippen molar-refractivity contribution in [2.24, 2.45) is 5.92 Å². The molecular weight excluding hydrogens is 454 g/mol. The highest BCUT2D eigenvalue weighted by molar-refractivity contribution is 5.92. The van der Waals surface area contributed by atoms with Crippen molar-refractivity contribution >= 4 is 11.6 Å². The minimum Gasteiger partial charge on any atom is -0.490 e. The van der Waals surface area contributed by atoms with Crippen LogP contribution in [0.15, 0.2) is 67.1 Å². The molecule has 0 aliphatic carbocycles. The van der Waals surface area contributed by atoms with Crippen LogP contribution in [-0.2, 0) is 17.8 Å². The molecule has 3 heterocycles. The SMILES string of the molecule is O=C(CN1CCN(Cc2ccccc2)C[C@H](Cc2cnccn2)C1)Nc1ccc2c(c1)OCCCO2. The molecule has 2 aliphatic rings. The summed E-state index contributed by atoms with van der Waals surface area (Å²) >= 11 is 0. The largest absolute Gasteiger partial charge is 0.490 e. The normalized spacial score (nSPS) is 18.7. The summed E-state index contributed by atoms with van der Waals surface area (Å²) < 4.78 is 11.5. The topological polar surface area (TPSA) is 79.8 Å². The van der Waals surface area contributed by atoms with Crippen LogP contribution < -0.4 is 14.8 Å². The summed E-state index contributed by atoms with van der Waals surface area (Å²) in [6, 6.07) is 16.1. The van der Waals surface area contributed by atoms with E-state index in [0.717, 1.165) is 62.7 Å². The van der Waals surface area contributed by atoms with Crippen molar-refractivity contribution in [2.75, 3.05) is 51.3 Å². The van der Waals surface area contributed by atoms with Gasteiger partial charge in [-0.25, -0.2) is 0 Å². The average molecular weight is 488 g/mol. The second kappa shape index (κ2) is 12.0. The maximum Gasteiger partial charge on any atom is 0.238 e. The van der Waals surface area contributed by atoms with E-state index in [2.05, 4.69) is 49.4 Å². The third-order valence-corrected chi connectivity index (χ3v) is 6.53. The van der Waals surface area contributed by atoms with Crippen LogP contribution >= 0.6 is 0 Å². The lowest BCUT2D eigenvalue weighted by atomic mass is 10.0. The fourth-order valence-electron chi connectivity index (χ4n) is 4.89. The van der Waals surface area contributed by atoms with Crippen LogP contribution in [0, 0.1) is 5.92 Å². The van der Waals surface area contributed by atoms with E-state index in [1.807, 2.05) is 30.5 Å². The number of nitrogens with one attached hydrogen (secondary N) is 1. The quantitative estimate of drug-likeness (QED) is 0.548. The Labute approximate surface area is 212 Å². The Morgan fingerprint density at radius 1 is 0.972 bits per heavy atom. The lowest BCUT2D eigenvalue weighted by molar-refractivity contribution is -0.117. The molecule has 2 aromatic carbocycles. The Morgan fingerprint density at radius 3 is 2.61 bits per heavy atom. The minimum absolute atomic E-state index is 0.0285. The van der Waals surface area contributed by atoms with Gasteiger partial charge in [0.15, 0.2) is 11.5 Å². The molecular formula is C28H33N5O3. The number of fused-ring (bicyclic) bond motifs is 1. The smallest absolute Gasteiger partial charge is 0.238 e. The molecule has 1 atom stereocenters. The average Bonchev–Trinajstić information content (AvgIpc) is 3.23. The standard InChI is InChI=1S/C28H33N5O3/c34-28(31-24-7-8-26-27(16-24)36-14-4-13-35-26)21-33-12-11-32(18-22-5-2-1-3-6-22)19-23(20-33)15-25-17-29-9-10-30-25/h1-3,5-10,16-17,23H,4,11-15,18-21H2,(H,31,34)/t23-/m0/s1. The molecule has 0 radical (unpaired) electrons. The van der Waals surface area contributed by atoms with E-state index in [9.17, 15) is 4.79 Å². The van der Waals surface area contributed by atoms with Gasteiger partial charge in [-0.15, -0.1) is 0 Å². The summed E-state index contributed by atoms with van der Waals surface area (Å²) in [6.07, 6.45) is 6.97. The van der Waals surface area contributed by atoms with Crippen LogP contribution in [0.1, 0.15) is 17.7 Å². The second-order valence-corrected chi connectivity index (χ2v) is 9.48. The lowest BCUT2D eigenvalue weighted by Crippen LogP contribution is -2.37. The molecule has 1 N–H and O–H groups in total. The maximum atomic E-state index is 13.0. The Balaban J connectivity index is 1.23. The highest BCUT2D eigenvalue weighted by Crippen LogP contribution is 2.32. The third-order valence-electron chi connectivity index (χ3n) is 6.53. The first-order chi connectivity index (χ1) is 17.7. The molecule has 36 heavy (non-hydrogen) atoms. The molecule has 5 rings (SSSR count). The number of amides is 1. The number of hydrogen-bond donors (Lipinski definition) is 1. The predicted molar refractivity (Wildman–Crippen MR) is 138 cm³/mol. The zero-order valence-corrected chi connectivity index (χ0v) is 20.5. The van der Waals surface area contributed by atoms with Gasteiger partial charge in [-0.3, -0.25) is 24.6 Å². The first kappa shape index (κ1) is 24.2. The third kappa shape index (κ3) is 6.80. The number of aromatic nitrogens is 2. The van der Waals surface area contributed by atoms with E-state index in [-0.39, 0.29) is 5.91 Å². The Kier molecular flexibility index (Phi) is 8.05. The van der Waals surface area contributed by atoms with Crippen LogP contribution in [0.3, 0.4) is 0 Å². The first-order valence-electron chi connectivity index (χ1n) is 12.6. The van der Waals surface area contributed by atoms with Gasteiger partial charge in [0.1, 0.15) is 0 Å². The summed E-state index contributed by atoms with van der Waals surface area (Å²) in [7, 11) is 0. The fourth-order valence-corrected chi connectivity index (χ4v) is 4.89. The molecule has 8 heteroatoms. The van der Waals surface area contributed by atoms with Crippen molar-refractivity contribution in [3.8, 4) is 11.5 Å². The summed E-state index contributed by atoms with van der Waals surface area (Å²) in [5, 5.41) is 3.04. The second-order valence-electron chi connectivity index (χ2n) is 9.48. The van der Waals surface area contributed by atoms with Gasteiger partial charge in [0, 0.05) is 69.5 Å². The van der Waals surface area contributed by atoms with Crippen LogP contribution in [0.25, 0.3) is 0 Å². The fraction of sp³-hybridized carbons (Fsp3) is 0.393. The van der Waals surface area contributed by atoms with Gasteiger partial charge in [0.2, 0.25) is 5.91 Å². The predicted octanol–water partition coefficient (Wildman–Crippen LogP) is 3.25. The molecule has 1 aromatic heterocycles. The highest BCUT2D eigenvalue weighted by atomic mass is 16.5. The first-order valence-corrected chi connectivity index (χ1v) is 12.6. The molecule has 0 unspecified atom stereocenters.